The molecule has 2 N–H and O–H groups in total. The average molecular weight is 165 g/mol. The summed E-state index contributed by atoms with van der Waals surface area (Å²) in [6.07, 6.45) is 0.893. The second kappa shape index (κ2) is 4.24. The highest BCUT2D eigenvalue weighted by Gasteiger charge is 1.97. The van der Waals surface area contributed by atoms with Crippen LogP contribution in [0.15, 0.2) is 18.2 Å². The Balaban J connectivity index is 2.75. The lowest BCUT2D eigenvalue weighted by Gasteiger charge is -2.05. The Morgan fingerprint density at radius 3 is 2.75 bits per heavy atom. The minimum Gasteiger partial charge on any atom is -0.304 e. The van der Waals surface area contributed by atoms with E-state index in [9.17, 15) is 0 Å². The van der Waals surface area contributed by atoms with Gasteiger partial charge in [-0.05, 0) is 31.4 Å². The molecule has 0 aliphatic heterocycles. The molecule has 1 aromatic carbocycles. The third-order valence-electron chi connectivity index (χ3n) is 1.99. The summed E-state index contributed by atoms with van der Waals surface area (Å²) < 4.78 is 0. The summed E-state index contributed by atoms with van der Waals surface area (Å²) in [6.45, 7) is 4.78. The SMILES string of the molecule is Cc1ccc(C)c(CCON)c1. The maximum atomic E-state index is 4.96. The predicted molar refractivity (Wildman–Crippen MR) is 49.8 cm³/mol. The fourth-order valence-corrected chi connectivity index (χ4v) is 1.24. The van der Waals surface area contributed by atoms with Gasteiger partial charge < -0.3 is 4.84 Å². The van der Waals surface area contributed by atoms with Crippen LogP contribution >= 0.6 is 0 Å². The van der Waals surface area contributed by atoms with Crippen molar-refractivity contribution in [2.45, 2.75) is 20.3 Å². The molecule has 0 saturated heterocycles. The van der Waals surface area contributed by atoms with Crippen LogP contribution in [0, 0.1) is 13.8 Å². The molecule has 66 valence electrons. The third kappa shape index (κ3) is 2.32. The number of hydrogen-bond acceptors (Lipinski definition) is 2. The molecule has 0 aliphatic carbocycles. The van der Waals surface area contributed by atoms with Crippen molar-refractivity contribution in [1.29, 1.82) is 0 Å². The molecule has 2 nitrogen and oxygen atoms in total. The monoisotopic (exact) mass is 165 g/mol. The average Bonchev–Trinajstić information content (AvgIpc) is 2.07. The fourth-order valence-electron chi connectivity index (χ4n) is 1.24. The summed E-state index contributed by atoms with van der Waals surface area (Å²) in [4.78, 5) is 4.54. The van der Waals surface area contributed by atoms with Crippen LogP contribution in [0.1, 0.15) is 16.7 Å². The number of benzene rings is 1. The highest BCUT2D eigenvalue weighted by Crippen LogP contribution is 2.10. The second-order valence-corrected chi connectivity index (χ2v) is 3.05. The van der Waals surface area contributed by atoms with Gasteiger partial charge in [0.1, 0.15) is 0 Å². The first kappa shape index (κ1) is 9.23. The Morgan fingerprint density at radius 2 is 2.08 bits per heavy atom. The number of rotatable bonds is 3. The summed E-state index contributed by atoms with van der Waals surface area (Å²) in [7, 11) is 0. The Labute approximate surface area is 73.3 Å². The minimum atomic E-state index is 0.588. The van der Waals surface area contributed by atoms with Crippen molar-refractivity contribution in [2.75, 3.05) is 6.61 Å². The van der Waals surface area contributed by atoms with E-state index < -0.39 is 0 Å². The van der Waals surface area contributed by atoms with Crippen LogP contribution in [0.25, 0.3) is 0 Å². The van der Waals surface area contributed by atoms with Gasteiger partial charge in [-0.25, -0.2) is 5.90 Å². The van der Waals surface area contributed by atoms with Gasteiger partial charge in [-0.1, -0.05) is 23.8 Å². The molecule has 1 rings (SSSR count). The number of aryl methyl sites for hydroxylation is 2. The lowest BCUT2D eigenvalue weighted by molar-refractivity contribution is 0.141. The molecule has 0 bridgehead atoms. The summed E-state index contributed by atoms with van der Waals surface area (Å²) in [5.74, 6) is 4.96. The lowest BCUT2D eigenvalue weighted by atomic mass is 10.0. The molecule has 0 spiro atoms. The van der Waals surface area contributed by atoms with E-state index in [-0.39, 0.29) is 0 Å². The highest BCUT2D eigenvalue weighted by atomic mass is 16.6. The predicted octanol–water partition coefficient (Wildman–Crippen LogP) is 1.74. The first-order valence-corrected chi connectivity index (χ1v) is 4.12. The molecule has 0 saturated carbocycles. The van der Waals surface area contributed by atoms with Gasteiger partial charge in [-0.3, -0.25) is 0 Å². The van der Waals surface area contributed by atoms with Crippen molar-refractivity contribution >= 4 is 0 Å². The molecule has 0 unspecified atom stereocenters. The van der Waals surface area contributed by atoms with Crippen molar-refractivity contribution < 1.29 is 4.84 Å². The van der Waals surface area contributed by atoms with Crippen LogP contribution in [0.5, 0.6) is 0 Å². The zero-order chi connectivity index (χ0) is 8.97. The molecular weight excluding hydrogens is 150 g/mol. The van der Waals surface area contributed by atoms with Crippen molar-refractivity contribution in [1.82, 2.24) is 0 Å². The molecule has 0 aliphatic rings. The zero-order valence-electron chi connectivity index (χ0n) is 7.63. The molecular formula is C10H15NO. The molecule has 0 radical (unpaired) electrons. The summed E-state index contributed by atoms with van der Waals surface area (Å²) in [5, 5.41) is 0. The fraction of sp³-hybridized carbons (Fsp3) is 0.400. The summed E-state index contributed by atoms with van der Waals surface area (Å²) >= 11 is 0. The molecule has 0 amide bonds. The quantitative estimate of drug-likeness (QED) is 0.692. The van der Waals surface area contributed by atoms with E-state index >= 15 is 0 Å². The van der Waals surface area contributed by atoms with Gasteiger partial charge in [0.2, 0.25) is 0 Å². The van der Waals surface area contributed by atoms with Crippen molar-refractivity contribution in [3.05, 3.63) is 34.9 Å². The normalized spacial score (nSPS) is 10.2. The van der Waals surface area contributed by atoms with Crippen LogP contribution < -0.4 is 5.90 Å². The molecule has 0 atom stereocenters. The van der Waals surface area contributed by atoms with E-state index in [1.807, 2.05) is 0 Å². The van der Waals surface area contributed by atoms with Gasteiger partial charge in [0.05, 0.1) is 6.61 Å². The summed E-state index contributed by atoms with van der Waals surface area (Å²) in [6, 6.07) is 6.41. The standard InChI is InChI=1S/C10H15NO/c1-8-3-4-9(2)10(7-8)5-6-12-11/h3-4,7H,5-6,11H2,1-2H3. The summed E-state index contributed by atoms with van der Waals surface area (Å²) in [5.41, 5.74) is 3.91. The van der Waals surface area contributed by atoms with Gasteiger partial charge in [0.15, 0.2) is 0 Å². The van der Waals surface area contributed by atoms with E-state index in [2.05, 4.69) is 36.9 Å². The van der Waals surface area contributed by atoms with Crippen LogP contribution in [-0.2, 0) is 11.3 Å². The van der Waals surface area contributed by atoms with Crippen LogP contribution in [0.4, 0.5) is 0 Å². The van der Waals surface area contributed by atoms with Crippen LogP contribution in [0.3, 0.4) is 0 Å². The van der Waals surface area contributed by atoms with Crippen LogP contribution in [-0.4, -0.2) is 6.61 Å². The van der Waals surface area contributed by atoms with Crippen molar-refractivity contribution in [2.24, 2.45) is 5.90 Å². The van der Waals surface area contributed by atoms with Crippen molar-refractivity contribution in [3.8, 4) is 0 Å². The van der Waals surface area contributed by atoms with Gasteiger partial charge in [0, 0.05) is 0 Å². The molecule has 0 aromatic heterocycles. The molecule has 0 heterocycles. The Morgan fingerprint density at radius 1 is 1.33 bits per heavy atom. The molecule has 0 fully saturated rings. The molecule has 1 aromatic rings. The van der Waals surface area contributed by atoms with E-state index in [0.29, 0.717) is 6.61 Å². The highest BCUT2D eigenvalue weighted by molar-refractivity contribution is 5.30. The van der Waals surface area contributed by atoms with Gasteiger partial charge >= 0.3 is 0 Å². The number of hydrogen-bond donors (Lipinski definition) is 1. The zero-order valence-corrected chi connectivity index (χ0v) is 7.63. The van der Waals surface area contributed by atoms with Crippen LogP contribution in [0.2, 0.25) is 0 Å². The maximum Gasteiger partial charge on any atom is 0.0719 e. The van der Waals surface area contributed by atoms with E-state index in [1.54, 1.807) is 0 Å². The first-order chi connectivity index (χ1) is 5.74. The largest absolute Gasteiger partial charge is 0.304 e. The topological polar surface area (TPSA) is 35.2 Å². The van der Waals surface area contributed by atoms with Gasteiger partial charge in [-0.2, -0.15) is 0 Å². The third-order valence-corrected chi connectivity index (χ3v) is 1.99. The Hall–Kier alpha value is -0.860. The van der Waals surface area contributed by atoms with E-state index in [1.165, 1.54) is 16.7 Å². The Bertz CT molecular complexity index is 258. The number of nitrogens with two attached hydrogens (primary N) is 1. The smallest absolute Gasteiger partial charge is 0.0719 e. The van der Waals surface area contributed by atoms with E-state index in [4.69, 9.17) is 5.90 Å². The lowest BCUT2D eigenvalue weighted by Crippen LogP contribution is -2.04. The maximum absolute atomic E-state index is 4.96. The second-order valence-electron chi connectivity index (χ2n) is 3.05. The van der Waals surface area contributed by atoms with Gasteiger partial charge in [0.25, 0.3) is 0 Å². The van der Waals surface area contributed by atoms with E-state index in [0.717, 1.165) is 6.42 Å². The molecule has 2 heteroatoms. The molecule has 12 heavy (non-hydrogen) atoms. The minimum absolute atomic E-state index is 0.588. The van der Waals surface area contributed by atoms with Gasteiger partial charge in [-0.15, -0.1) is 0 Å². The Kier molecular flexibility index (Phi) is 3.26. The first-order valence-electron chi connectivity index (χ1n) is 4.12. The van der Waals surface area contributed by atoms with Crippen molar-refractivity contribution in [3.63, 3.8) is 0 Å².